The molecule has 82 valence electrons. The van der Waals surface area contributed by atoms with Gasteiger partial charge >= 0.3 is 0 Å². The van der Waals surface area contributed by atoms with E-state index in [4.69, 9.17) is 0 Å². The van der Waals surface area contributed by atoms with Gasteiger partial charge in [0, 0.05) is 0 Å². The molecular formula is C14H26. The number of hydrogen-bond donors (Lipinski definition) is 0. The zero-order valence-electron chi connectivity index (χ0n) is 10.7. The zero-order valence-corrected chi connectivity index (χ0v) is 10.7. The maximum absolute atomic E-state index is 2.48. The predicted molar refractivity (Wildman–Crippen MR) is 64.3 cm³/mol. The first kappa shape index (κ1) is 11.8. The number of hydrogen-bond acceptors (Lipinski definition) is 0. The SMILES string of the molecule is CC1=CC(C)C(CC(C)(C)C)C(C)C1. The summed E-state index contributed by atoms with van der Waals surface area (Å²) in [5, 5.41) is 0. The van der Waals surface area contributed by atoms with Crippen molar-refractivity contribution in [2.75, 3.05) is 0 Å². The van der Waals surface area contributed by atoms with Crippen LogP contribution in [0.3, 0.4) is 0 Å². The minimum atomic E-state index is 0.478. The summed E-state index contributed by atoms with van der Waals surface area (Å²) in [6.45, 7) is 14.2. The monoisotopic (exact) mass is 194 g/mol. The Balaban J connectivity index is 2.69. The van der Waals surface area contributed by atoms with Crippen LogP contribution in [0.5, 0.6) is 0 Å². The highest BCUT2D eigenvalue weighted by Gasteiger charge is 2.29. The van der Waals surface area contributed by atoms with Gasteiger partial charge in [-0.05, 0) is 42.9 Å². The molecule has 3 unspecified atom stereocenters. The van der Waals surface area contributed by atoms with E-state index in [-0.39, 0.29) is 0 Å². The van der Waals surface area contributed by atoms with Crippen LogP contribution in [-0.2, 0) is 0 Å². The summed E-state index contributed by atoms with van der Waals surface area (Å²) in [4.78, 5) is 0. The average Bonchev–Trinajstić information content (AvgIpc) is 1.95. The van der Waals surface area contributed by atoms with Gasteiger partial charge in [-0.2, -0.15) is 0 Å². The third-order valence-corrected chi connectivity index (χ3v) is 3.45. The lowest BCUT2D eigenvalue weighted by Gasteiger charge is -2.37. The number of rotatable bonds is 1. The zero-order chi connectivity index (χ0) is 10.9. The van der Waals surface area contributed by atoms with Gasteiger partial charge in [0.1, 0.15) is 0 Å². The molecule has 0 saturated heterocycles. The highest BCUT2D eigenvalue weighted by atomic mass is 14.3. The Bertz CT molecular complexity index is 217. The van der Waals surface area contributed by atoms with Gasteiger partial charge in [-0.25, -0.2) is 0 Å². The van der Waals surface area contributed by atoms with Crippen molar-refractivity contribution in [2.45, 2.75) is 54.4 Å². The van der Waals surface area contributed by atoms with E-state index < -0.39 is 0 Å². The molecule has 0 aliphatic heterocycles. The van der Waals surface area contributed by atoms with Crippen molar-refractivity contribution in [3.05, 3.63) is 11.6 Å². The Morgan fingerprint density at radius 2 is 1.86 bits per heavy atom. The van der Waals surface area contributed by atoms with Crippen LogP contribution in [0.25, 0.3) is 0 Å². The molecule has 0 aromatic heterocycles. The van der Waals surface area contributed by atoms with Gasteiger partial charge in [-0.1, -0.05) is 46.3 Å². The molecule has 0 heteroatoms. The molecule has 0 saturated carbocycles. The fourth-order valence-corrected chi connectivity index (χ4v) is 2.91. The lowest BCUT2D eigenvalue weighted by atomic mass is 9.68. The largest absolute Gasteiger partial charge is 0.0825 e. The minimum Gasteiger partial charge on any atom is -0.0825 e. The molecule has 0 aromatic carbocycles. The quantitative estimate of drug-likeness (QED) is 0.532. The first-order chi connectivity index (χ1) is 6.29. The topological polar surface area (TPSA) is 0 Å². The fourth-order valence-electron chi connectivity index (χ4n) is 2.91. The second-order valence-corrected chi connectivity index (χ2v) is 6.48. The van der Waals surface area contributed by atoms with Gasteiger partial charge in [0.25, 0.3) is 0 Å². The summed E-state index contributed by atoms with van der Waals surface area (Å²) in [7, 11) is 0. The Morgan fingerprint density at radius 1 is 1.29 bits per heavy atom. The maximum atomic E-state index is 2.48. The molecule has 0 nitrogen and oxygen atoms in total. The highest BCUT2D eigenvalue weighted by molar-refractivity contribution is 5.08. The molecule has 0 aromatic rings. The van der Waals surface area contributed by atoms with Crippen molar-refractivity contribution in [1.29, 1.82) is 0 Å². The van der Waals surface area contributed by atoms with Crippen LogP contribution < -0.4 is 0 Å². The van der Waals surface area contributed by atoms with Crippen LogP contribution in [0, 0.1) is 23.2 Å². The summed E-state index contributed by atoms with van der Waals surface area (Å²) < 4.78 is 0. The third kappa shape index (κ3) is 3.15. The van der Waals surface area contributed by atoms with E-state index in [9.17, 15) is 0 Å². The summed E-state index contributed by atoms with van der Waals surface area (Å²) in [5.41, 5.74) is 2.07. The van der Waals surface area contributed by atoms with Gasteiger partial charge in [-0.15, -0.1) is 0 Å². The predicted octanol–water partition coefficient (Wildman–Crippen LogP) is 4.66. The molecule has 0 bridgehead atoms. The van der Waals surface area contributed by atoms with Crippen molar-refractivity contribution in [3.63, 3.8) is 0 Å². The molecule has 0 N–H and O–H groups in total. The smallest absolute Gasteiger partial charge is 0.0228 e. The van der Waals surface area contributed by atoms with Crippen molar-refractivity contribution in [3.8, 4) is 0 Å². The Hall–Kier alpha value is -0.260. The molecule has 0 amide bonds. The van der Waals surface area contributed by atoms with Crippen molar-refractivity contribution in [1.82, 2.24) is 0 Å². The van der Waals surface area contributed by atoms with Crippen LogP contribution in [-0.4, -0.2) is 0 Å². The van der Waals surface area contributed by atoms with Gasteiger partial charge < -0.3 is 0 Å². The number of allylic oxidation sites excluding steroid dienone is 2. The van der Waals surface area contributed by atoms with E-state index in [0.29, 0.717) is 5.41 Å². The van der Waals surface area contributed by atoms with Crippen molar-refractivity contribution in [2.24, 2.45) is 23.2 Å². The maximum Gasteiger partial charge on any atom is -0.0228 e. The standard InChI is InChI=1S/C14H26/c1-10-7-11(2)13(12(3)8-10)9-14(4,5)6/h7,11-13H,8-9H2,1-6H3. The van der Waals surface area contributed by atoms with Gasteiger partial charge in [0.15, 0.2) is 0 Å². The van der Waals surface area contributed by atoms with E-state index in [2.05, 4.69) is 47.6 Å². The van der Waals surface area contributed by atoms with E-state index in [0.717, 1.165) is 17.8 Å². The first-order valence-electron chi connectivity index (χ1n) is 5.97. The molecule has 0 radical (unpaired) electrons. The van der Waals surface area contributed by atoms with Crippen LogP contribution in [0.15, 0.2) is 11.6 Å². The third-order valence-electron chi connectivity index (χ3n) is 3.45. The molecule has 0 fully saturated rings. The molecule has 14 heavy (non-hydrogen) atoms. The average molecular weight is 194 g/mol. The Kier molecular flexibility index (Phi) is 3.44. The van der Waals surface area contributed by atoms with Crippen LogP contribution in [0.4, 0.5) is 0 Å². The summed E-state index contributed by atoms with van der Waals surface area (Å²) in [5.74, 6) is 2.53. The van der Waals surface area contributed by atoms with E-state index in [1.54, 1.807) is 5.57 Å². The Labute approximate surface area is 89.8 Å². The second-order valence-electron chi connectivity index (χ2n) is 6.48. The highest BCUT2D eigenvalue weighted by Crippen LogP contribution is 2.40. The van der Waals surface area contributed by atoms with E-state index >= 15 is 0 Å². The lowest BCUT2D eigenvalue weighted by molar-refractivity contribution is 0.183. The normalized spacial score (nSPS) is 34.1. The van der Waals surface area contributed by atoms with Crippen molar-refractivity contribution < 1.29 is 0 Å². The van der Waals surface area contributed by atoms with Gasteiger partial charge in [0.05, 0.1) is 0 Å². The van der Waals surface area contributed by atoms with Crippen LogP contribution in [0.1, 0.15) is 54.4 Å². The van der Waals surface area contributed by atoms with Crippen LogP contribution in [0.2, 0.25) is 0 Å². The molecule has 1 rings (SSSR count). The molecule has 3 atom stereocenters. The first-order valence-corrected chi connectivity index (χ1v) is 5.97. The van der Waals surface area contributed by atoms with Gasteiger partial charge in [-0.3, -0.25) is 0 Å². The second kappa shape index (κ2) is 4.08. The van der Waals surface area contributed by atoms with E-state index in [1.807, 2.05) is 0 Å². The molecule has 1 aliphatic carbocycles. The molecule has 0 spiro atoms. The fraction of sp³-hybridized carbons (Fsp3) is 0.857. The molecular weight excluding hydrogens is 168 g/mol. The molecule has 0 heterocycles. The molecule has 1 aliphatic rings. The van der Waals surface area contributed by atoms with Crippen LogP contribution >= 0.6 is 0 Å². The lowest BCUT2D eigenvalue weighted by Crippen LogP contribution is -2.27. The minimum absolute atomic E-state index is 0.478. The van der Waals surface area contributed by atoms with Gasteiger partial charge in [0.2, 0.25) is 0 Å². The van der Waals surface area contributed by atoms with E-state index in [1.165, 1.54) is 12.8 Å². The summed E-state index contributed by atoms with van der Waals surface area (Å²) in [6.07, 6.45) is 5.15. The summed E-state index contributed by atoms with van der Waals surface area (Å²) in [6, 6.07) is 0. The van der Waals surface area contributed by atoms with Crippen molar-refractivity contribution >= 4 is 0 Å². The summed E-state index contributed by atoms with van der Waals surface area (Å²) >= 11 is 0. The Morgan fingerprint density at radius 3 is 2.29 bits per heavy atom.